The topological polar surface area (TPSA) is 74.6 Å². The predicted molar refractivity (Wildman–Crippen MR) is 84.2 cm³/mol. The number of halogens is 2. The minimum absolute atomic E-state index is 0.0576. The SMILES string of the molecule is O=C(O)c1ccc(C(=O)O)c(CCc2ccc(Cl)cc2Cl)c1. The second-order valence-corrected chi connectivity index (χ2v) is 5.56. The fourth-order valence-electron chi connectivity index (χ4n) is 2.14. The van der Waals surface area contributed by atoms with E-state index in [9.17, 15) is 14.7 Å². The molecule has 6 heteroatoms. The van der Waals surface area contributed by atoms with Crippen molar-refractivity contribution in [1.29, 1.82) is 0 Å². The van der Waals surface area contributed by atoms with Crippen molar-refractivity contribution in [1.82, 2.24) is 0 Å². The van der Waals surface area contributed by atoms with E-state index < -0.39 is 11.9 Å². The Labute approximate surface area is 136 Å². The molecular formula is C16H12Cl2O4. The molecule has 0 radical (unpaired) electrons. The molecule has 0 unspecified atom stereocenters. The van der Waals surface area contributed by atoms with Crippen molar-refractivity contribution in [3.8, 4) is 0 Å². The highest BCUT2D eigenvalue weighted by molar-refractivity contribution is 6.35. The third-order valence-corrected chi connectivity index (χ3v) is 3.85. The monoisotopic (exact) mass is 338 g/mol. The Balaban J connectivity index is 2.29. The standard InChI is InChI=1S/C16H12Cl2O4/c17-12-5-3-9(14(18)8-12)1-2-10-7-11(15(19)20)4-6-13(10)16(21)22/h3-8H,1-2H2,(H,19,20)(H,21,22). The van der Waals surface area contributed by atoms with Crippen LogP contribution in [0.5, 0.6) is 0 Å². The molecule has 0 aromatic heterocycles. The van der Waals surface area contributed by atoms with Crippen LogP contribution in [0.3, 0.4) is 0 Å². The second kappa shape index (κ2) is 6.81. The number of hydrogen-bond donors (Lipinski definition) is 2. The summed E-state index contributed by atoms with van der Waals surface area (Å²) in [6.45, 7) is 0. The van der Waals surface area contributed by atoms with Gasteiger partial charge in [0.15, 0.2) is 0 Å². The van der Waals surface area contributed by atoms with Gasteiger partial charge in [-0.15, -0.1) is 0 Å². The summed E-state index contributed by atoms with van der Waals surface area (Å²) >= 11 is 11.9. The van der Waals surface area contributed by atoms with E-state index in [4.69, 9.17) is 28.3 Å². The van der Waals surface area contributed by atoms with E-state index >= 15 is 0 Å². The molecular weight excluding hydrogens is 327 g/mol. The Morgan fingerprint density at radius 2 is 1.55 bits per heavy atom. The molecule has 2 rings (SSSR count). The Hall–Kier alpha value is -2.04. The fraction of sp³-hybridized carbons (Fsp3) is 0.125. The van der Waals surface area contributed by atoms with E-state index in [1.54, 1.807) is 18.2 Å². The van der Waals surface area contributed by atoms with Crippen LogP contribution in [0.4, 0.5) is 0 Å². The van der Waals surface area contributed by atoms with Crippen molar-refractivity contribution < 1.29 is 19.8 Å². The Bertz CT molecular complexity index is 741. The molecule has 0 aliphatic carbocycles. The molecule has 4 nitrogen and oxygen atoms in total. The van der Waals surface area contributed by atoms with Gasteiger partial charge < -0.3 is 10.2 Å². The lowest BCUT2D eigenvalue weighted by Gasteiger charge is -2.09. The lowest BCUT2D eigenvalue weighted by molar-refractivity contribution is 0.0680. The van der Waals surface area contributed by atoms with E-state index in [1.165, 1.54) is 18.2 Å². The van der Waals surface area contributed by atoms with Gasteiger partial charge in [-0.25, -0.2) is 9.59 Å². The number of aromatic carboxylic acids is 2. The molecule has 2 N–H and O–H groups in total. The van der Waals surface area contributed by atoms with E-state index in [1.807, 2.05) is 0 Å². The maximum Gasteiger partial charge on any atom is 0.335 e. The van der Waals surface area contributed by atoms with Crippen LogP contribution < -0.4 is 0 Å². The molecule has 0 bridgehead atoms. The molecule has 2 aromatic carbocycles. The van der Waals surface area contributed by atoms with Gasteiger partial charge in [0.25, 0.3) is 0 Å². The van der Waals surface area contributed by atoms with Gasteiger partial charge in [0.05, 0.1) is 11.1 Å². The molecule has 0 saturated carbocycles. The first-order valence-corrected chi connectivity index (χ1v) is 7.17. The number of carboxylic acids is 2. The smallest absolute Gasteiger partial charge is 0.335 e. The third-order valence-electron chi connectivity index (χ3n) is 3.26. The average Bonchev–Trinajstić information content (AvgIpc) is 2.45. The highest BCUT2D eigenvalue weighted by atomic mass is 35.5. The number of hydrogen-bond acceptors (Lipinski definition) is 2. The van der Waals surface area contributed by atoms with Gasteiger partial charge in [0.2, 0.25) is 0 Å². The van der Waals surface area contributed by atoms with E-state index in [2.05, 4.69) is 0 Å². The van der Waals surface area contributed by atoms with Gasteiger partial charge in [-0.05, 0) is 54.3 Å². The predicted octanol–water partition coefficient (Wildman–Crippen LogP) is 4.18. The molecule has 0 amide bonds. The summed E-state index contributed by atoms with van der Waals surface area (Å²) in [5.41, 5.74) is 1.43. The van der Waals surface area contributed by atoms with Gasteiger partial charge in [-0.3, -0.25) is 0 Å². The van der Waals surface area contributed by atoms with E-state index in [-0.39, 0.29) is 11.1 Å². The molecule has 0 spiro atoms. The van der Waals surface area contributed by atoms with Crippen LogP contribution in [0, 0.1) is 0 Å². The van der Waals surface area contributed by atoms with Crippen molar-refractivity contribution in [3.63, 3.8) is 0 Å². The van der Waals surface area contributed by atoms with Crippen molar-refractivity contribution in [2.75, 3.05) is 0 Å². The Morgan fingerprint density at radius 1 is 0.864 bits per heavy atom. The summed E-state index contributed by atoms with van der Waals surface area (Å²) in [6.07, 6.45) is 0.851. The van der Waals surface area contributed by atoms with Crippen LogP contribution in [-0.2, 0) is 12.8 Å². The van der Waals surface area contributed by atoms with Crippen LogP contribution in [-0.4, -0.2) is 22.2 Å². The van der Waals surface area contributed by atoms with Crippen molar-refractivity contribution in [3.05, 3.63) is 68.7 Å². The molecule has 114 valence electrons. The highest BCUT2D eigenvalue weighted by Crippen LogP contribution is 2.23. The molecule has 0 atom stereocenters. The number of aryl methyl sites for hydroxylation is 2. The van der Waals surface area contributed by atoms with Crippen LogP contribution >= 0.6 is 23.2 Å². The molecule has 22 heavy (non-hydrogen) atoms. The second-order valence-electron chi connectivity index (χ2n) is 4.72. The van der Waals surface area contributed by atoms with E-state index in [0.29, 0.717) is 28.5 Å². The zero-order valence-corrected chi connectivity index (χ0v) is 12.9. The summed E-state index contributed by atoms with van der Waals surface area (Å²) in [5, 5.41) is 19.2. The van der Waals surface area contributed by atoms with Crippen LogP contribution in [0.2, 0.25) is 10.0 Å². The van der Waals surface area contributed by atoms with E-state index in [0.717, 1.165) is 5.56 Å². The lowest BCUT2D eigenvalue weighted by Crippen LogP contribution is -2.07. The number of carbonyl (C=O) groups is 2. The van der Waals surface area contributed by atoms with Crippen molar-refractivity contribution >= 4 is 35.1 Å². The quantitative estimate of drug-likeness (QED) is 0.857. The summed E-state index contributed by atoms with van der Waals surface area (Å²) in [5.74, 6) is -2.18. The van der Waals surface area contributed by atoms with Gasteiger partial charge in [0.1, 0.15) is 0 Å². The highest BCUT2D eigenvalue weighted by Gasteiger charge is 2.14. The van der Waals surface area contributed by atoms with Crippen molar-refractivity contribution in [2.24, 2.45) is 0 Å². The molecule has 2 aromatic rings. The first kappa shape index (κ1) is 16.3. The largest absolute Gasteiger partial charge is 0.478 e. The average molecular weight is 339 g/mol. The number of rotatable bonds is 5. The van der Waals surface area contributed by atoms with Gasteiger partial charge in [-0.1, -0.05) is 29.3 Å². The third kappa shape index (κ3) is 3.78. The molecule has 0 heterocycles. The van der Waals surface area contributed by atoms with Gasteiger partial charge in [-0.2, -0.15) is 0 Å². The van der Waals surface area contributed by atoms with Gasteiger partial charge in [0, 0.05) is 10.0 Å². The zero-order valence-electron chi connectivity index (χ0n) is 11.3. The molecule has 0 aliphatic heterocycles. The maximum atomic E-state index is 11.2. The lowest BCUT2D eigenvalue weighted by atomic mass is 9.97. The summed E-state index contributed by atoms with van der Waals surface area (Å²) in [7, 11) is 0. The normalized spacial score (nSPS) is 10.5. The molecule has 0 saturated heterocycles. The Kier molecular flexibility index (Phi) is 5.06. The number of carboxylic acid groups (broad SMARTS) is 2. The van der Waals surface area contributed by atoms with Crippen LogP contribution in [0.25, 0.3) is 0 Å². The van der Waals surface area contributed by atoms with Crippen LogP contribution in [0.15, 0.2) is 36.4 Å². The first-order valence-electron chi connectivity index (χ1n) is 6.42. The first-order chi connectivity index (χ1) is 10.4. The minimum Gasteiger partial charge on any atom is -0.478 e. The number of benzene rings is 2. The zero-order chi connectivity index (χ0) is 16.3. The van der Waals surface area contributed by atoms with Crippen molar-refractivity contribution in [2.45, 2.75) is 12.8 Å². The fourth-order valence-corrected chi connectivity index (χ4v) is 2.64. The summed E-state index contributed by atoms with van der Waals surface area (Å²) < 4.78 is 0. The Morgan fingerprint density at radius 3 is 2.14 bits per heavy atom. The van der Waals surface area contributed by atoms with Gasteiger partial charge >= 0.3 is 11.9 Å². The van der Waals surface area contributed by atoms with Crippen LogP contribution in [0.1, 0.15) is 31.8 Å². The molecule has 0 fully saturated rings. The minimum atomic E-state index is -1.09. The summed E-state index contributed by atoms with van der Waals surface area (Å²) in [4.78, 5) is 22.3. The maximum absolute atomic E-state index is 11.2. The summed E-state index contributed by atoms with van der Waals surface area (Å²) in [6, 6.07) is 9.07. The molecule has 0 aliphatic rings.